The molecule has 0 aliphatic heterocycles. The molecule has 0 heteroatoms. The Morgan fingerprint density at radius 3 is 0.800 bits per heavy atom. The van der Waals surface area contributed by atoms with Gasteiger partial charge in [-0.25, -0.2) is 0 Å². The van der Waals surface area contributed by atoms with E-state index in [4.69, 9.17) is 0 Å². The van der Waals surface area contributed by atoms with Crippen molar-refractivity contribution >= 4 is 32.3 Å². The van der Waals surface area contributed by atoms with Crippen LogP contribution >= 0.6 is 0 Å². The van der Waals surface area contributed by atoms with Crippen molar-refractivity contribution in [1.82, 2.24) is 0 Å². The van der Waals surface area contributed by atoms with Crippen LogP contribution in [0.25, 0.3) is 32.3 Å². The van der Waals surface area contributed by atoms with Crippen LogP contribution in [-0.4, -0.2) is 0 Å². The minimum atomic E-state index is 1.23. The monoisotopic (exact) mass is 538 g/mol. The van der Waals surface area contributed by atoms with Gasteiger partial charge in [0.1, 0.15) is 0 Å². The molecule has 0 fully saturated rings. The van der Waals surface area contributed by atoms with Crippen LogP contribution in [0, 0.1) is 0 Å². The molecule has 0 unspecified atom stereocenters. The van der Waals surface area contributed by atoms with Crippen LogP contribution in [0.2, 0.25) is 0 Å². The van der Waals surface area contributed by atoms with Gasteiger partial charge in [0, 0.05) is 0 Å². The fourth-order valence-electron chi connectivity index (χ4n) is 7.09. The molecule has 0 amide bonds. The molecule has 4 aromatic rings. The molecule has 0 saturated heterocycles. The Hall–Kier alpha value is -2.08. The van der Waals surface area contributed by atoms with Crippen LogP contribution in [0.3, 0.4) is 0 Å². The Labute approximate surface area is 246 Å². The van der Waals surface area contributed by atoms with Gasteiger partial charge in [0.05, 0.1) is 0 Å². The molecule has 0 atom stereocenters. The van der Waals surface area contributed by atoms with Gasteiger partial charge in [0.15, 0.2) is 0 Å². The van der Waals surface area contributed by atoms with E-state index in [1.807, 2.05) is 0 Å². The lowest BCUT2D eigenvalue weighted by Crippen LogP contribution is -2.00. The predicted octanol–water partition coefficient (Wildman–Crippen LogP) is 13.1. The zero-order chi connectivity index (χ0) is 28.2. The first-order valence-corrected chi connectivity index (χ1v) is 17.5. The van der Waals surface area contributed by atoms with Gasteiger partial charge in [0.25, 0.3) is 0 Å². The van der Waals surface area contributed by atoms with Gasteiger partial charge in [-0.15, -0.1) is 0 Å². The first kappa shape index (κ1) is 30.9. The maximum absolute atomic E-state index is 2.62. The Balaban J connectivity index is 1.85. The van der Waals surface area contributed by atoms with Gasteiger partial charge in [0.2, 0.25) is 0 Å². The molecule has 0 aliphatic rings. The van der Waals surface area contributed by atoms with Crippen molar-refractivity contribution in [2.45, 2.75) is 156 Å². The fraction of sp³-hybridized carbons (Fsp3) is 0.600. The molecule has 0 aliphatic carbocycles. The van der Waals surface area contributed by atoms with E-state index < -0.39 is 0 Å². The molecule has 4 aromatic carbocycles. The second kappa shape index (κ2) is 16.4. The zero-order valence-electron chi connectivity index (χ0n) is 26.6. The lowest BCUT2D eigenvalue weighted by molar-refractivity contribution is 0.663. The molecular weight excluding hydrogens is 480 g/mol. The molecule has 0 N–H and O–H groups in total. The van der Waals surface area contributed by atoms with E-state index in [9.17, 15) is 0 Å². The van der Waals surface area contributed by atoms with E-state index in [-0.39, 0.29) is 0 Å². The van der Waals surface area contributed by atoms with Gasteiger partial charge in [-0.2, -0.15) is 0 Å². The van der Waals surface area contributed by atoms with E-state index in [1.54, 1.807) is 54.6 Å². The van der Waals surface area contributed by atoms with Crippen LogP contribution in [0.1, 0.15) is 153 Å². The second-order valence-electron chi connectivity index (χ2n) is 12.7. The summed E-state index contributed by atoms with van der Waals surface area (Å²) in [5.41, 5.74) is 6.45. The van der Waals surface area contributed by atoms with Crippen LogP contribution in [0.5, 0.6) is 0 Å². The lowest BCUT2D eigenvalue weighted by atomic mass is 9.83. The van der Waals surface area contributed by atoms with E-state index in [1.165, 1.54) is 128 Å². The molecule has 218 valence electrons. The maximum Gasteiger partial charge on any atom is -0.00211 e. The summed E-state index contributed by atoms with van der Waals surface area (Å²) in [5.74, 6) is 0. The molecule has 40 heavy (non-hydrogen) atoms. The maximum atomic E-state index is 2.62. The third-order valence-electron chi connectivity index (χ3n) is 9.44. The molecule has 0 bridgehead atoms. The Morgan fingerprint density at radius 1 is 0.325 bits per heavy atom. The van der Waals surface area contributed by atoms with Crippen LogP contribution < -0.4 is 0 Å². The van der Waals surface area contributed by atoms with Gasteiger partial charge in [-0.1, -0.05) is 141 Å². The first-order chi connectivity index (χ1) is 19.7. The van der Waals surface area contributed by atoms with Crippen molar-refractivity contribution < 1.29 is 0 Å². The standard InChI is InChI=1S/C40H58/c1-5-9-13-17-21-31-29-32(22-18-14-10-6-2)36-27-28-38-34(24-20-16-12-8-4)30-33(23-19-15-11-7-3)37-26-25-35(31)39(36)40(37)38/h25-30H,5-24H2,1-4H3. The van der Waals surface area contributed by atoms with E-state index in [0.29, 0.717) is 0 Å². The number of aryl methyl sites for hydroxylation is 4. The average molecular weight is 539 g/mol. The van der Waals surface area contributed by atoms with Crippen molar-refractivity contribution in [2.75, 3.05) is 0 Å². The van der Waals surface area contributed by atoms with Crippen molar-refractivity contribution in [3.8, 4) is 0 Å². The van der Waals surface area contributed by atoms with Gasteiger partial charge in [-0.3, -0.25) is 0 Å². The van der Waals surface area contributed by atoms with Gasteiger partial charge in [-0.05, 0) is 106 Å². The predicted molar refractivity (Wildman–Crippen MR) is 182 cm³/mol. The van der Waals surface area contributed by atoms with Crippen molar-refractivity contribution in [1.29, 1.82) is 0 Å². The van der Waals surface area contributed by atoms with Crippen LogP contribution in [0.4, 0.5) is 0 Å². The molecule has 4 rings (SSSR count). The summed E-state index contributed by atoms with van der Waals surface area (Å²) in [6, 6.07) is 15.3. The topological polar surface area (TPSA) is 0 Å². The molecule has 0 saturated carbocycles. The molecule has 0 radical (unpaired) electrons. The third-order valence-corrected chi connectivity index (χ3v) is 9.44. The average Bonchev–Trinajstić information content (AvgIpc) is 2.98. The largest absolute Gasteiger partial charge is 0.0654 e. The lowest BCUT2D eigenvalue weighted by Gasteiger charge is -2.21. The Kier molecular flexibility index (Phi) is 12.6. The quantitative estimate of drug-likeness (QED) is 0.0775. The molecule has 0 nitrogen and oxygen atoms in total. The van der Waals surface area contributed by atoms with E-state index in [2.05, 4.69) is 64.1 Å². The number of rotatable bonds is 20. The highest BCUT2D eigenvalue weighted by atomic mass is 14.2. The van der Waals surface area contributed by atoms with Crippen LogP contribution in [0.15, 0.2) is 36.4 Å². The van der Waals surface area contributed by atoms with E-state index in [0.717, 1.165) is 0 Å². The van der Waals surface area contributed by atoms with E-state index >= 15 is 0 Å². The molecule has 0 spiro atoms. The van der Waals surface area contributed by atoms with Gasteiger partial charge >= 0.3 is 0 Å². The smallest absolute Gasteiger partial charge is 0.00211 e. The zero-order valence-corrected chi connectivity index (χ0v) is 26.6. The fourth-order valence-corrected chi connectivity index (χ4v) is 7.09. The van der Waals surface area contributed by atoms with Gasteiger partial charge < -0.3 is 0 Å². The number of hydrogen-bond acceptors (Lipinski definition) is 0. The number of benzene rings is 4. The highest BCUT2D eigenvalue weighted by Crippen LogP contribution is 2.42. The molecular formula is C40H58. The summed E-state index contributed by atoms with van der Waals surface area (Å²) in [5, 5.41) is 9.37. The Morgan fingerprint density at radius 2 is 0.575 bits per heavy atom. The highest BCUT2D eigenvalue weighted by Gasteiger charge is 2.18. The minimum absolute atomic E-state index is 1.23. The minimum Gasteiger partial charge on any atom is -0.0654 e. The summed E-state index contributed by atoms with van der Waals surface area (Å²) in [4.78, 5) is 0. The SMILES string of the molecule is CCCCCCc1cc(CCCCCC)c2ccc3c(CCCCCC)cc(CCCCCC)c4ccc1c2c43. The summed E-state index contributed by atoms with van der Waals surface area (Å²) in [7, 11) is 0. The summed E-state index contributed by atoms with van der Waals surface area (Å²) in [6.07, 6.45) is 26.3. The highest BCUT2D eigenvalue weighted by molar-refractivity contribution is 6.25. The summed E-state index contributed by atoms with van der Waals surface area (Å²) < 4.78 is 0. The third kappa shape index (κ3) is 7.60. The molecule has 0 heterocycles. The molecule has 0 aromatic heterocycles. The van der Waals surface area contributed by atoms with Crippen LogP contribution in [-0.2, 0) is 25.7 Å². The van der Waals surface area contributed by atoms with Crippen molar-refractivity contribution in [3.05, 3.63) is 58.7 Å². The summed E-state index contributed by atoms with van der Waals surface area (Å²) in [6.45, 7) is 9.29. The normalized spacial score (nSPS) is 12.0. The number of unbranched alkanes of at least 4 members (excludes halogenated alkanes) is 12. The first-order valence-electron chi connectivity index (χ1n) is 17.5. The van der Waals surface area contributed by atoms with Crippen molar-refractivity contribution in [3.63, 3.8) is 0 Å². The number of hydrogen-bond donors (Lipinski definition) is 0. The summed E-state index contributed by atoms with van der Waals surface area (Å²) >= 11 is 0. The second-order valence-corrected chi connectivity index (χ2v) is 12.7. The Bertz CT molecular complexity index is 1100. The van der Waals surface area contributed by atoms with Crippen molar-refractivity contribution in [2.24, 2.45) is 0 Å².